The molecule has 19 heavy (non-hydrogen) atoms. The van der Waals surface area contributed by atoms with Gasteiger partial charge in [-0.2, -0.15) is 0 Å². The highest BCUT2D eigenvalue weighted by atomic mass is 79.9. The van der Waals surface area contributed by atoms with Crippen molar-refractivity contribution in [2.45, 2.75) is 13.0 Å². The van der Waals surface area contributed by atoms with E-state index in [1.165, 1.54) is 16.8 Å². The standard InChI is InChI=1S/C14H11BrFNO2/c15-12-5-3-7-17(14(12)19)9-11(18)8-10-4-1-2-6-13(10)16/h1-7H,8-9H2. The summed E-state index contributed by atoms with van der Waals surface area (Å²) in [4.78, 5) is 23.6. The van der Waals surface area contributed by atoms with Gasteiger partial charge in [0.25, 0.3) is 5.56 Å². The second kappa shape index (κ2) is 5.93. The maximum Gasteiger partial charge on any atom is 0.265 e. The van der Waals surface area contributed by atoms with Crippen molar-refractivity contribution in [3.63, 3.8) is 0 Å². The second-order valence-corrected chi connectivity index (χ2v) is 4.95. The third kappa shape index (κ3) is 3.38. The average molecular weight is 324 g/mol. The lowest BCUT2D eigenvalue weighted by atomic mass is 10.1. The SMILES string of the molecule is O=C(Cc1ccccc1F)Cn1cccc(Br)c1=O. The predicted molar refractivity (Wildman–Crippen MR) is 73.5 cm³/mol. The van der Waals surface area contributed by atoms with E-state index in [4.69, 9.17) is 0 Å². The van der Waals surface area contributed by atoms with E-state index in [-0.39, 0.29) is 24.3 Å². The molecule has 0 saturated carbocycles. The summed E-state index contributed by atoms with van der Waals surface area (Å²) < 4.78 is 15.1. The maximum atomic E-state index is 13.4. The first kappa shape index (κ1) is 13.7. The van der Waals surface area contributed by atoms with Crippen molar-refractivity contribution < 1.29 is 9.18 Å². The number of carbonyl (C=O) groups is 1. The Kier molecular flexibility index (Phi) is 4.27. The Bertz CT molecular complexity index is 666. The van der Waals surface area contributed by atoms with Crippen LogP contribution < -0.4 is 5.56 Å². The van der Waals surface area contributed by atoms with Crippen molar-refractivity contribution in [3.8, 4) is 0 Å². The summed E-state index contributed by atoms with van der Waals surface area (Å²) in [6, 6.07) is 9.41. The van der Waals surface area contributed by atoms with Crippen LogP contribution in [0.1, 0.15) is 5.56 Å². The number of rotatable bonds is 4. The van der Waals surface area contributed by atoms with Gasteiger partial charge in [0, 0.05) is 12.6 Å². The zero-order chi connectivity index (χ0) is 13.8. The highest BCUT2D eigenvalue weighted by Gasteiger charge is 2.09. The summed E-state index contributed by atoms with van der Waals surface area (Å²) in [5.41, 5.74) is 0.0694. The first-order valence-corrected chi connectivity index (χ1v) is 6.47. The highest BCUT2D eigenvalue weighted by molar-refractivity contribution is 9.10. The van der Waals surface area contributed by atoms with Crippen LogP contribution in [0.2, 0.25) is 0 Å². The van der Waals surface area contributed by atoms with Crippen molar-refractivity contribution in [1.82, 2.24) is 4.57 Å². The minimum absolute atomic E-state index is 0.0222. The van der Waals surface area contributed by atoms with Crippen LogP contribution in [0.3, 0.4) is 0 Å². The van der Waals surface area contributed by atoms with Gasteiger partial charge in [0.15, 0.2) is 5.78 Å². The number of carbonyl (C=O) groups excluding carboxylic acids is 1. The molecule has 3 nitrogen and oxygen atoms in total. The molecular weight excluding hydrogens is 313 g/mol. The Morgan fingerprint density at radius 3 is 2.68 bits per heavy atom. The second-order valence-electron chi connectivity index (χ2n) is 4.10. The van der Waals surface area contributed by atoms with Gasteiger partial charge in [0.05, 0.1) is 11.0 Å². The number of benzene rings is 1. The Labute approximate surface area is 117 Å². The molecule has 0 fully saturated rings. The first-order valence-electron chi connectivity index (χ1n) is 5.68. The summed E-state index contributed by atoms with van der Waals surface area (Å²) in [6.45, 7) is -0.0629. The molecule has 5 heteroatoms. The average Bonchev–Trinajstić information content (AvgIpc) is 2.38. The van der Waals surface area contributed by atoms with E-state index < -0.39 is 5.82 Å². The summed E-state index contributed by atoms with van der Waals surface area (Å²) in [5.74, 6) is -0.622. The lowest BCUT2D eigenvalue weighted by Gasteiger charge is -2.06. The van der Waals surface area contributed by atoms with Crippen LogP contribution in [-0.4, -0.2) is 10.4 Å². The van der Waals surface area contributed by atoms with Crippen molar-refractivity contribution in [1.29, 1.82) is 0 Å². The van der Waals surface area contributed by atoms with Gasteiger partial charge in [0.2, 0.25) is 0 Å². The van der Waals surface area contributed by atoms with Gasteiger partial charge >= 0.3 is 0 Å². The van der Waals surface area contributed by atoms with Crippen LogP contribution in [0.5, 0.6) is 0 Å². The molecule has 0 unspecified atom stereocenters. The van der Waals surface area contributed by atoms with Gasteiger partial charge in [-0.05, 0) is 39.7 Å². The summed E-state index contributed by atoms with van der Waals surface area (Å²) in [7, 11) is 0. The van der Waals surface area contributed by atoms with Crippen LogP contribution in [-0.2, 0) is 17.8 Å². The third-order valence-corrected chi connectivity index (χ3v) is 3.27. The highest BCUT2D eigenvalue weighted by Crippen LogP contribution is 2.08. The lowest BCUT2D eigenvalue weighted by molar-refractivity contribution is -0.119. The Morgan fingerprint density at radius 1 is 1.21 bits per heavy atom. The minimum Gasteiger partial charge on any atom is -0.307 e. The zero-order valence-corrected chi connectivity index (χ0v) is 11.6. The number of ketones is 1. The Morgan fingerprint density at radius 2 is 1.95 bits per heavy atom. The van der Waals surface area contributed by atoms with Crippen molar-refractivity contribution in [2.24, 2.45) is 0 Å². The molecule has 1 aromatic carbocycles. The Hall–Kier alpha value is -1.75. The van der Waals surface area contributed by atoms with Crippen molar-refractivity contribution in [3.05, 3.63) is 68.8 Å². The van der Waals surface area contributed by atoms with Crippen LogP contribution in [0.15, 0.2) is 51.9 Å². The fraction of sp³-hybridized carbons (Fsp3) is 0.143. The van der Waals surface area contributed by atoms with Gasteiger partial charge < -0.3 is 4.57 Å². The molecule has 1 aromatic heterocycles. The maximum absolute atomic E-state index is 13.4. The molecule has 0 aliphatic heterocycles. The van der Waals surface area contributed by atoms with Gasteiger partial charge in [-0.15, -0.1) is 0 Å². The third-order valence-electron chi connectivity index (χ3n) is 2.67. The molecule has 0 bridgehead atoms. The molecule has 0 aliphatic rings. The summed E-state index contributed by atoms with van der Waals surface area (Å²) in [6.07, 6.45) is 1.51. The van der Waals surface area contributed by atoms with Crippen LogP contribution in [0, 0.1) is 5.82 Å². The molecule has 0 atom stereocenters. The van der Waals surface area contributed by atoms with Crippen molar-refractivity contribution in [2.75, 3.05) is 0 Å². The zero-order valence-electron chi connectivity index (χ0n) is 9.98. The van der Waals surface area contributed by atoms with Crippen LogP contribution >= 0.6 is 15.9 Å². The lowest BCUT2D eigenvalue weighted by Crippen LogP contribution is -2.24. The van der Waals surface area contributed by atoms with Gasteiger partial charge in [-0.1, -0.05) is 18.2 Å². The van der Waals surface area contributed by atoms with Crippen molar-refractivity contribution >= 4 is 21.7 Å². The minimum atomic E-state index is -0.405. The molecule has 0 amide bonds. The topological polar surface area (TPSA) is 39.1 Å². The number of hydrogen-bond donors (Lipinski definition) is 0. The molecule has 1 heterocycles. The molecular formula is C14H11BrFNO2. The molecule has 0 saturated heterocycles. The van der Waals surface area contributed by atoms with Gasteiger partial charge in [-0.25, -0.2) is 4.39 Å². The number of hydrogen-bond acceptors (Lipinski definition) is 2. The number of pyridine rings is 1. The molecule has 2 aromatic rings. The molecule has 0 spiro atoms. The first-order chi connectivity index (χ1) is 9.08. The van der Waals surface area contributed by atoms with E-state index in [1.54, 1.807) is 30.3 Å². The largest absolute Gasteiger partial charge is 0.307 e. The fourth-order valence-electron chi connectivity index (χ4n) is 1.73. The molecule has 98 valence electrons. The number of nitrogens with zero attached hydrogens (tertiary/aromatic N) is 1. The fourth-order valence-corrected chi connectivity index (χ4v) is 2.11. The van der Waals surface area contributed by atoms with Gasteiger partial charge in [0.1, 0.15) is 5.82 Å². The number of Topliss-reactive ketones (excluding diaryl/α,β-unsaturated/α-hetero) is 1. The predicted octanol–water partition coefficient (Wildman–Crippen LogP) is 2.56. The number of halogens is 2. The number of aromatic nitrogens is 1. The normalized spacial score (nSPS) is 10.4. The summed E-state index contributed by atoms with van der Waals surface area (Å²) >= 11 is 3.11. The molecule has 0 aliphatic carbocycles. The molecule has 2 rings (SSSR count). The van der Waals surface area contributed by atoms with Crippen LogP contribution in [0.25, 0.3) is 0 Å². The van der Waals surface area contributed by atoms with Gasteiger partial charge in [-0.3, -0.25) is 9.59 Å². The van der Waals surface area contributed by atoms with E-state index >= 15 is 0 Å². The molecule has 0 radical (unpaired) electrons. The smallest absolute Gasteiger partial charge is 0.265 e. The Balaban J connectivity index is 2.12. The van der Waals surface area contributed by atoms with E-state index in [0.717, 1.165) is 0 Å². The van der Waals surface area contributed by atoms with Crippen LogP contribution in [0.4, 0.5) is 4.39 Å². The van der Waals surface area contributed by atoms with E-state index in [1.807, 2.05) is 0 Å². The van der Waals surface area contributed by atoms with E-state index in [2.05, 4.69) is 15.9 Å². The quantitative estimate of drug-likeness (QED) is 0.867. The van der Waals surface area contributed by atoms with E-state index in [0.29, 0.717) is 10.0 Å². The molecule has 0 N–H and O–H groups in total. The van der Waals surface area contributed by atoms with E-state index in [9.17, 15) is 14.0 Å². The summed E-state index contributed by atoms with van der Waals surface area (Å²) in [5, 5.41) is 0. The monoisotopic (exact) mass is 323 g/mol.